The second-order valence-corrected chi connectivity index (χ2v) is 10.5. The highest BCUT2D eigenvalue weighted by molar-refractivity contribution is 7.98. The molecular formula is C24H22ClF3N2O4S2. The van der Waals surface area contributed by atoms with E-state index in [2.05, 4.69) is 5.32 Å². The number of sulfonamides is 1. The Hall–Kier alpha value is -2.89. The Balaban J connectivity index is 2.01. The van der Waals surface area contributed by atoms with Crippen molar-refractivity contribution < 1.29 is 31.1 Å². The van der Waals surface area contributed by atoms with Gasteiger partial charge < -0.3 is 10.1 Å². The molecule has 0 fully saturated rings. The number of alkyl halides is 3. The van der Waals surface area contributed by atoms with Crippen molar-refractivity contribution in [1.29, 1.82) is 0 Å². The van der Waals surface area contributed by atoms with E-state index in [0.29, 0.717) is 6.07 Å². The van der Waals surface area contributed by atoms with Gasteiger partial charge in [0.15, 0.2) is 0 Å². The summed E-state index contributed by atoms with van der Waals surface area (Å²) in [5.74, 6) is -0.680. The van der Waals surface area contributed by atoms with E-state index in [1.807, 2.05) is 6.26 Å². The number of anilines is 2. The minimum absolute atomic E-state index is 0.0727. The Bertz CT molecular complexity index is 1330. The molecule has 3 aromatic carbocycles. The predicted molar refractivity (Wildman–Crippen MR) is 135 cm³/mol. The Morgan fingerprint density at radius 2 is 1.75 bits per heavy atom. The molecule has 0 saturated carbocycles. The maximum atomic E-state index is 13.6. The molecule has 0 aromatic heterocycles. The number of benzene rings is 3. The smallest absolute Gasteiger partial charge is 0.416 e. The van der Waals surface area contributed by atoms with Crippen LogP contribution in [0.5, 0.6) is 5.75 Å². The first kappa shape index (κ1) is 27.7. The van der Waals surface area contributed by atoms with E-state index in [-0.39, 0.29) is 33.6 Å². The number of nitrogens with zero attached hydrogens (tertiary/aromatic N) is 1. The fourth-order valence-corrected chi connectivity index (χ4v) is 5.24. The molecular weight excluding hydrogens is 537 g/mol. The highest BCUT2D eigenvalue weighted by atomic mass is 35.5. The molecule has 0 spiro atoms. The zero-order chi connectivity index (χ0) is 26.5. The maximum absolute atomic E-state index is 13.6. The fraction of sp³-hybridized carbons (Fsp3) is 0.208. The second-order valence-electron chi connectivity index (χ2n) is 7.33. The molecule has 0 saturated heterocycles. The summed E-state index contributed by atoms with van der Waals surface area (Å²) in [5, 5.41) is 2.16. The Labute approximate surface area is 216 Å². The van der Waals surface area contributed by atoms with Crippen molar-refractivity contribution in [3.63, 3.8) is 0 Å². The molecule has 1 amide bonds. The molecule has 0 atom stereocenters. The van der Waals surface area contributed by atoms with Gasteiger partial charge in [-0.25, -0.2) is 8.42 Å². The number of para-hydroxylation sites is 2. The maximum Gasteiger partial charge on any atom is 0.416 e. The highest BCUT2D eigenvalue weighted by Gasteiger charge is 2.32. The van der Waals surface area contributed by atoms with E-state index in [1.165, 1.54) is 30.0 Å². The van der Waals surface area contributed by atoms with Crippen LogP contribution in [0.25, 0.3) is 0 Å². The number of hydrogen-bond acceptors (Lipinski definition) is 5. The summed E-state index contributed by atoms with van der Waals surface area (Å²) < 4.78 is 73.1. The molecule has 3 rings (SSSR count). The van der Waals surface area contributed by atoms with Crippen LogP contribution in [0.3, 0.4) is 0 Å². The lowest BCUT2D eigenvalue weighted by molar-refractivity contribution is -0.137. The number of ether oxygens (including phenoxy) is 1. The molecule has 192 valence electrons. The molecule has 1 N–H and O–H groups in total. The molecule has 0 heterocycles. The first-order valence-electron chi connectivity index (χ1n) is 10.5. The van der Waals surface area contributed by atoms with Crippen molar-refractivity contribution in [2.45, 2.75) is 22.9 Å². The summed E-state index contributed by atoms with van der Waals surface area (Å²) >= 11 is 7.42. The molecule has 0 aliphatic rings. The summed E-state index contributed by atoms with van der Waals surface area (Å²) in [6, 6.07) is 14.8. The van der Waals surface area contributed by atoms with Crippen molar-refractivity contribution in [2.75, 3.05) is 29.0 Å². The summed E-state index contributed by atoms with van der Waals surface area (Å²) in [6.45, 7) is 1.21. The summed E-state index contributed by atoms with van der Waals surface area (Å²) in [5.41, 5.74) is -1.21. The topological polar surface area (TPSA) is 75.7 Å². The average Bonchev–Trinajstić information content (AvgIpc) is 2.84. The van der Waals surface area contributed by atoms with Gasteiger partial charge in [-0.3, -0.25) is 9.10 Å². The van der Waals surface area contributed by atoms with Crippen LogP contribution in [0, 0.1) is 0 Å². The van der Waals surface area contributed by atoms with Crippen molar-refractivity contribution in [3.05, 3.63) is 77.3 Å². The molecule has 0 radical (unpaired) electrons. The van der Waals surface area contributed by atoms with Crippen LogP contribution in [-0.4, -0.2) is 33.7 Å². The van der Waals surface area contributed by atoms with E-state index in [1.54, 1.807) is 37.3 Å². The zero-order valence-electron chi connectivity index (χ0n) is 19.2. The van der Waals surface area contributed by atoms with Crippen LogP contribution >= 0.6 is 23.4 Å². The molecule has 0 aliphatic carbocycles. The third kappa shape index (κ3) is 6.45. The van der Waals surface area contributed by atoms with E-state index < -0.39 is 34.2 Å². The van der Waals surface area contributed by atoms with Gasteiger partial charge in [0.2, 0.25) is 5.91 Å². The number of carbonyl (C=O) groups is 1. The van der Waals surface area contributed by atoms with Gasteiger partial charge in [-0.05, 0) is 67.8 Å². The first-order valence-corrected chi connectivity index (χ1v) is 13.6. The molecule has 36 heavy (non-hydrogen) atoms. The Morgan fingerprint density at radius 3 is 2.36 bits per heavy atom. The van der Waals surface area contributed by atoms with Gasteiger partial charge in [0.05, 0.1) is 33.5 Å². The lowest BCUT2D eigenvalue weighted by atomic mass is 10.2. The number of thioether (sulfide) groups is 1. The van der Waals surface area contributed by atoms with Gasteiger partial charge in [0, 0.05) is 4.90 Å². The monoisotopic (exact) mass is 558 g/mol. The number of nitrogens with one attached hydrogen (secondary N) is 1. The highest BCUT2D eigenvalue weighted by Crippen LogP contribution is 2.35. The van der Waals surface area contributed by atoms with Gasteiger partial charge in [-0.1, -0.05) is 23.7 Å². The lowest BCUT2D eigenvalue weighted by Gasteiger charge is -2.26. The van der Waals surface area contributed by atoms with Crippen molar-refractivity contribution >= 4 is 50.7 Å². The Kier molecular flexibility index (Phi) is 8.80. The number of carbonyl (C=O) groups excluding carboxylic acids is 1. The standard InChI is InChI=1S/C24H22ClF3N2O4S2/c1-3-34-22-7-5-4-6-21(22)30(36(32,33)18-11-9-17(35-2)10-12-18)15-23(31)29-20-14-16(24(26,27)28)8-13-19(20)25/h4-14H,3,15H2,1-2H3,(H,29,31). The van der Waals surface area contributed by atoms with Gasteiger partial charge in [0.1, 0.15) is 12.3 Å². The fourth-order valence-electron chi connectivity index (χ4n) is 3.23. The number of rotatable bonds is 9. The van der Waals surface area contributed by atoms with Crippen molar-refractivity contribution in [2.24, 2.45) is 0 Å². The largest absolute Gasteiger partial charge is 0.492 e. The zero-order valence-corrected chi connectivity index (χ0v) is 21.6. The summed E-state index contributed by atoms with van der Waals surface area (Å²) in [4.78, 5) is 13.7. The van der Waals surface area contributed by atoms with Crippen molar-refractivity contribution in [1.82, 2.24) is 0 Å². The predicted octanol–water partition coefficient (Wildman–Crippen LogP) is 6.31. The van der Waals surface area contributed by atoms with E-state index >= 15 is 0 Å². The van der Waals surface area contributed by atoms with Crippen LogP contribution in [0.2, 0.25) is 5.02 Å². The number of hydrogen-bond donors (Lipinski definition) is 1. The minimum Gasteiger partial charge on any atom is -0.492 e. The van der Waals surface area contributed by atoms with Gasteiger partial charge in [-0.15, -0.1) is 11.8 Å². The normalized spacial score (nSPS) is 11.7. The number of amides is 1. The van der Waals surface area contributed by atoms with E-state index in [4.69, 9.17) is 16.3 Å². The third-order valence-corrected chi connectivity index (χ3v) is 7.78. The van der Waals surface area contributed by atoms with Gasteiger partial charge in [-0.2, -0.15) is 13.2 Å². The van der Waals surface area contributed by atoms with Crippen LogP contribution in [0.4, 0.5) is 24.5 Å². The third-order valence-electron chi connectivity index (χ3n) is 4.94. The number of halogens is 4. The van der Waals surface area contributed by atoms with Crippen LogP contribution in [-0.2, 0) is 21.0 Å². The minimum atomic E-state index is -4.65. The van der Waals surface area contributed by atoms with Gasteiger partial charge >= 0.3 is 6.18 Å². The summed E-state index contributed by atoms with van der Waals surface area (Å²) in [7, 11) is -4.28. The van der Waals surface area contributed by atoms with E-state index in [0.717, 1.165) is 21.3 Å². The SMILES string of the molecule is CCOc1ccccc1N(CC(=O)Nc1cc(C(F)(F)F)ccc1Cl)S(=O)(=O)c1ccc(SC)cc1. The first-order chi connectivity index (χ1) is 17.0. The molecule has 3 aromatic rings. The summed E-state index contributed by atoms with van der Waals surface area (Å²) in [6.07, 6.45) is -2.81. The van der Waals surface area contributed by atoms with Crippen LogP contribution in [0.1, 0.15) is 12.5 Å². The van der Waals surface area contributed by atoms with Gasteiger partial charge in [0.25, 0.3) is 10.0 Å². The Morgan fingerprint density at radius 1 is 1.08 bits per heavy atom. The molecule has 0 bridgehead atoms. The van der Waals surface area contributed by atoms with Crippen LogP contribution < -0.4 is 14.4 Å². The second kappa shape index (κ2) is 11.4. The van der Waals surface area contributed by atoms with Crippen LogP contribution in [0.15, 0.2) is 76.5 Å². The van der Waals surface area contributed by atoms with Crippen molar-refractivity contribution in [3.8, 4) is 5.75 Å². The average molecular weight is 559 g/mol. The molecule has 0 aliphatic heterocycles. The molecule has 6 nitrogen and oxygen atoms in total. The quantitative estimate of drug-likeness (QED) is 0.311. The lowest BCUT2D eigenvalue weighted by Crippen LogP contribution is -2.38. The molecule has 0 unspecified atom stereocenters. The molecule has 12 heteroatoms. The van der Waals surface area contributed by atoms with E-state index in [9.17, 15) is 26.4 Å².